The number of amides is 2. The standard InChI is InChI=1S/C18H17N5O/c1-13(15-7-5-14(10-19)6-8-15)21-18(24)20-11-16-12-23-9-3-2-4-17(23)22-16/h2-9,12-13H,11H2,1H3,(H2,20,21,24)/t13-/m0/s1. The molecule has 0 saturated heterocycles. The van der Waals surface area contributed by atoms with Gasteiger partial charge in [0.1, 0.15) is 5.65 Å². The zero-order valence-electron chi connectivity index (χ0n) is 13.2. The van der Waals surface area contributed by atoms with E-state index in [1.165, 1.54) is 0 Å². The van der Waals surface area contributed by atoms with Crippen LogP contribution in [0.25, 0.3) is 5.65 Å². The molecule has 3 aromatic rings. The Morgan fingerprint density at radius 2 is 2.08 bits per heavy atom. The lowest BCUT2D eigenvalue weighted by atomic mass is 10.1. The Bertz CT molecular complexity index is 859. The molecule has 6 heteroatoms. The highest BCUT2D eigenvalue weighted by molar-refractivity contribution is 5.74. The molecule has 1 aromatic carbocycles. The van der Waals surface area contributed by atoms with Gasteiger partial charge in [0.25, 0.3) is 0 Å². The third kappa shape index (κ3) is 3.52. The lowest BCUT2D eigenvalue weighted by Crippen LogP contribution is -2.36. The van der Waals surface area contributed by atoms with Crippen molar-refractivity contribution in [3.63, 3.8) is 0 Å². The fraction of sp³-hybridized carbons (Fsp3) is 0.167. The summed E-state index contributed by atoms with van der Waals surface area (Å²) in [6.07, 6.45) is 3.80. The maximum atomic E-state index is 12.0. The van der Waals surface area contributed by atoms with Gasteiger partial charge in [0.15, 0.2) is 0 Å². The van der Waals surface area contributed by atoms with Gasteiger partial charge >= 0.3 is 6.03 Å². The molecule has 0 spiro atoms. The number of pyridine rings is 1. The minimum Gasteiger partial charge on any atom is -0.332 e. The highest BCUT2D eigenvalue weighted by Gasteiger charge is 2.10. The van der Waals surface area contributed by atoms with Crippen LogP contribution >= 0.6 is 0 Å². The minimum absolute atomic E-state index is 0.154. The lowest BCUT2D eigenvalue weighted by molar-refractivity contribution is 0.237. The third-order valence-electron chi connectivity index (χ3n) is 3.73. The molecular formula is C18H17N5O. The van der Waals surface area contributed by atoms with Gasteiger partial charge in [-0.25, -0.2) is 9.78 Å². The first-order valence-corrected chi connectivity index (χ1v) is 7.63. The molecule has 2 amide bonds. The number of nitrogens with zero attached hydrogens (tertiary/aromatic N) is 3. The fourth-order valence-electron chi connectivity index (χ4n) is 2.42. The maximum absolute atomic E-state index is 12.0. The number of fused-ring (bicyclic) bond motifs is 1. The van der Waals surface area contributed by atoms with Gasteiger partial charge in [-0.15, -0.1) is 0 Å². The van der Waals surface area contributed by atoms with Crippen molar-refractivity contribution in [3.05, 3.63) is 71.7 Å². The normalized spacial score (nSPS) is 11.7. The van der Waals surface area contributed by atoms with Gasteiger partial charge in [-0.05, 0) is 36.8 Å². The van der Waals surface area contributed by atoms with E-state index in [2.05, 4.69) is 21.7 Å². The van der Waals surface area contributed by atoms with Crippen molar-refractivity contribution in [2.75, 3.05) is 0 Å². The number of imidazole rings is 1. The second-order valence-corrected chi connectivity index (χ2v) is 5.48. The number of nitrogens with one attached hydrogen (secondary N) is 2. The van der Waals surface area contributed by atoms with E-state index < -0.39 is 0 Å². The molecular weight excluding hydrogens is 302 g/mol. The van der Waals surface area contributed by atoms with Gasteiger partial charge < -0.3 is 15.0 Å². The summed E-state index contributed by atoms with van der Waals surface area (Å²) in [7, 11) is 0. The van der Waals surface area contributed by atoms with E-state index >= 15 is 0 Å². The van der Waals surface area contributed by atoms with Gasteiger partial charge in [-0.1, -0.05) is 18.2 Å². The number of carbonyl (C=O) groups is 1. The van der Waals surface area contributed by atoms with E-state index in [0.717, 1.165) is 16.9 Å². The minimum atomic E-state index is -0.260. The summed E-state index contributed by atoms with van der Waals surface area (Å²) in [6.45, 7) is 2.25. The fourth-order valence-corrected chi connectivity index (χ4v) is 2.42. The first-order valence-electron chi connectivity index (χ1n) is 7.63. The number of rotatable bonds is 4. The summed E-state index contributed by atoms with van der Waals surface area (Å²) in [5.41, 5.74) is 3.18. The van der Waals surface area contributed by atoms with Crippen LogP contribution < -0.4 is 10.6 Å². The van der Waals surface area contributed by atoms with Crippen molar-refractivity contribution in [3.8, 4) is 6.07 Å². The molecule has 2 N–H and O–H groups in total. The summed E-state index contributed by atoms with van der Waals surface area (Å²) < 4.78 is 1.91. The smallest absolute Gasteiger partial charge is 0.315 e. The second kappa shape index (κ2) is 6.84. The molecule has 0 radical (unpaired) electrons. The van der Waals surface area contributed by atoms with Crippen molar-refractivity contribution < 1.29 is 4.79 Å². The van der Waals surface area contributed by atoms with E-state index in [1.807, 2.05) is 54.0 Å². The second-order valence-electron chi connectivity index (χ2n) is 5.48. The van der Waals surface area contributed by atoms with Crippen LogP contribution in [0.2, 0.25) is 0 Å². The third-order valence-corrected chi connectivity index (χ3v) is 3.73. The van der Waals surface area contributed by atoms with Gasteiger partial charge in [0, 0.05) is 12.4 Å². The van der Waals surface area contributed by atoms with Crippen LogP contribution in [0.15, 0.2) is 54.9 Å². The molecule has 0 unspecified atom stereocenters. The van der Waals surface area contributed by atoms with E-state index in [0.29, 0.717) is 12.1 Å². The molecule has 6 nitrogen and oxygen atoms in total. The van der Waals surface area contributed by atoms with Crippen molar-refractivity contribution in [1.82, 2.24) is 20.0 Å². The first kappa shape index (κ1) is 15.6. The summed E-state index contributed by atoms with van der Waals surface area (Å²) in [4.78, 5) is 16.5. The molecule has 0 aliphatic heterocycles. The Kier molecular flexibility index (Phi) is 4.43. The zero-order chi connectivity index (χ0) is 16.9. The van der Waals surface area contributed by atoms with Crippen molar-refractivity contribution in [2.24, 2.45) is 0 Å². The Balaban J connectivity index is 1.55. The summed E-state index contributed by atoms with van der Waals surface area (Å²) in [5.74, 6) is 0. The summed E-state index contributed by atoms with van der Waals surface area (Å²) >= 11 is 0. The van der Waals surface area contributed by atoms with E-state index in [1.54, 1.807) is 12.1 Å². The Morgan fingerprint density at radius 1 is 1.29 bits per heavy atom. The van der Waals surface area contributed by atoms with E-state index in [-0.39, 0.29) is 12.1 Å². The zero-order valence-corrected chi connectivity index (χ0v) is 13.2. The molecule has 0 saturated carbocycles. The van der Waals surface area contributed by atoms with Crippen molar-refractivity contribution >= 4 is 11.7 Å². The van der Waals surface area contributed by atoms with Gasteiger partial charge in [0.05, 0.1) is 29.9 Å². The number of aromatic nitrogens is 2. The average Bonchev–Trinajstić information content (AvgIpc) is 3.03. The van der Waals surface area contributed by atoms with Gasteiger partial charge in [0.2, 0.25) is 0 Å². The predicted molar refractivity (Wildman–Crippen MR) is 90.1 cm³/mol. The van der Waals surface area contributed by atoms with Crippen LogP contribution in [0.5, 0.6) is 0 Å². The van der Waals surface area contributed by atoms with Crippen LogP contribution in [0.3, 0.4) is 0 Å². The molecule has 0 bridgehead atoms. The van der Waals surface area contributed by atoms with Crippen LogP contribution in [0, 0.1) is 11.3 Å². The molecule has 3 rings (SSSR count). The molecule has 0 aliphatic carbocycles. The van der Waals surface area contributed by atoms with Crippen LogP contribution in [-0.2, 0) is 6.54 Å². The predicted octanol–water partition coefficient (Wildman–Crippen LogP) is 2.77. The van der Waals surface area contributed by atoms with Gasteiger partial charge in [-0.2, -0.15) is 5.26 Å². The monoisotopic (exact) mass is 319 g/mol. The van der Waals surface area contributed by atoms with Gasteiger partial charge in [-0.3, -0.25) is 0 Å². The Hall–Kier alpha value is -3.33. The van der Waals surface area contributed by atoms with Crippen LogP contribution in [-0.4, -0.2) is 15.4 Å². The lowest BCUT2D eigenvalue weighted by Gasteiger charge is -2.14. The topological polar surface area (TPSA) is 82.2 Å². The van der Waals surface area contributed by atoms with Crippen LogP contribution in [0.4, 0.5) is 4.79 Å². The maximum Gasteiger partial charge on any atom is 0.315 e. The quantitative estimate of drug-likeness (QED) is 0.775. The van der Waals surface area contributed by atoms with Crippen molar-refractivity contribution in [2.45, 2.75) is 19.5 Å². The molecule has 2 aromatic heterocycles. The van der Waals surface area contributed by atoms with Crippen molar-refractivity contribution in [1.29, 1.82) is 5.26 Å². The average molecular weight is 319 g/mol. The highest BCUT2D eigenvalue weighted by atomic mass is 16.2. The molecule has 120 valence electrons. The number of nitriles is 1. The molecule has 24 heavy (non-hydrogen) atoms. The highest BCUT2D eigenvalue weighted by Crippen LogP contribution is 2.13. The Labute approximate surface area is 139 Å². The number of urea groups is 1. The number of hydrogen-bond acceptors (Lipinski definition) is 3. The number of carbonyl (C=O) groups excluding carboxylic acids is 1. The van der Waals surface area contributed by atoms with E-state index in [4.69, 9.17) is 5.26 Å². The molecule has 2 heterocycles. The molecule has 0 aliphatic rings. The molecule has 1 atom stereocenters. The summed E-state index contributed by atoms with van der Waals surface area (Å²) in [5, 5.41) is 14.5. The largest absolute Gasteiger partial charge is 0.332 e. The van der Waals surface area contributed by atoms with Crippen LogP contribution in [0.1, 0.15) is 29.8 Å². The number of benzene rings is 1. The first-order chi connectivity index (χ1) is 11.7. The van der Waals surface area contributed by atoms with E-state index in [9.17, 15) is 4.79 Å². The number of hydrogen-bond donors (Lipinski definition) is 2. The Morgan fingerprint density at radius 3 is 2.79 bits per heavy atom. The molecule has 0 fully saturated rings. The SMILES string of the molecule is C[C@H](NC(=O)NCc1cn2ccccc2n1)c1ccc(C#N)cc1. The summed E-state index contributed by atoms with van der Waals surface area (Å²) in [6, 6.07) is 14.6.